The number of nitrogens with zero attached hydrogens (tertiary/aromatic N) is 2. The molecule has 0 aliphatic heterocycles. The SMILES string of the molecule is Nc1cccc(OCCNc2cccc3nccn23)c1. The van der Waals surface area contributed by atoms with Gasteiger partial charge in [0.2, 0.25) is 0 Å². The van der Waals surface area contributed by atoms with Gasteiger partial charge in [0.1, 0.15) is 23.8 Å². The van der Waals surface area contributed by atoms with Crippen LogP contribution >= 0.6 is 0 Å². The zero-order chi connectivity index (χ0) is 13.8. The van der Waals surface area contributed by atoms with Gasteiger partial charge < -0.3 is 15.8 Å². The molecule has 1 aromatic carbocycles. The first-order valence-corrected chi connectivity index (χ1v) is 6.47. The lowest BCUT2D eigenvalue weighted by atomic mass is 10.3. The zero-order valence-corrected chi connectivity index (χ0v) is 11.0. The third-order valence-electron chi connectivity index (χ3n) is 2.96. The smallest absolute Gasteiger partial charge is 0.138 e. The highest BCUT2D eigenvalue weighted by Crippen LogP contribution is 2.14. The molecule has 0 saturated carbocycles. The minimum Gasteiger partial charge on any atom is -0.492 e. The predicted molar refractivity (Wildman–Crippen MR) is 80.0 cm³/mol. The second-order valence-electron chi connectivity index (χ2n) is 4.41. The molecule has 0 aliphatic rings. The van der Waals surface area contributed by atoms with Crippen molar-refractivity contribution in [3.8, 4) is 5.75 Å². The van der Waals surface area contributed by atoms with Gasteiger partial charge in [-0.3, -0.25) is 4.40 Å². The van der Waals surface area contributed by atoms with Crippen LogP contribution in [-0.2, 0) is 0 Å². The van der Waals surface area contributed by atoms with Crippen LogP contribution in [0.2, 0.25) is 0 Å². The number of nitrogens with one attached hydrogen (secondary N) is 1. The molecule has 0 fully saturated rings. The van der Waals surface area contributed by atoms with Gasteiger partial charge >= 0.3 is 0 Å². The molecule has 3 aromatic rings. The summed E-state index contributed by atoms with van der Waals surface area (Å²) >= 11 is 0. The van der Waals surface area contributed by atoms with E-state index in [1.165, 1.54) is 0 Å². The van der Waals surface area contributed by atoms with E-state index in [1.54, 1.807) is 6.20 Å². The van der Waals surface area contributed by atoms with E-state index in [0.29, 0.717) is 18.8 Å². The first-order valence-electron chi connectivity index (χ1n) is 6.47. The molecule has 5 nitrogen and oxygen atoms in total. The highest BCUT2D eigenvalue weighted by atomic mass is 16.5. The summed E-state index contributed by atoms with van der Waals surface area (Å²) in [5.74, 6) is 1.78. The van der Waals surface area contributed by atoms with E-state index >= 15 is 0 Å². The van der Waals surface area contributed by atoms with Gasteiger partial charge in [-0.2, -0.15) is 0 Å². The van der Waals surface area contributed by atoms with Crippen molar-refractivity contribution in [3.05, 3.63) is 54.9 Å². The van der Waals surface area contributed by atoms with E-state index in [4.69, 9.17) is 10.5 Å². The molecule has 102 valence electrons. The van der Waals surface area contributed by atoms with E-state index in [1.807, 2.05) is 53.1 Å². The second kappa shape index (κ2) is 5.52. The number of imidazole rings is 1. The van der Waals surface area contributed by atoms with Crippen molar-refractivity contribution in [2.45, 2.75) is 0 Å². The lowest BCUT2D eigenvalue weighted by molar-refractivity contribution is 0.333. The fraction of sp³-hybridized carbons (Fsp3) is 0.133. The van der Waals surface area contributed by atoms with Crippen molar-refractivity contribution in [1.82, 2.24) is 9.38 Å². The zero-order valence-electron chi connectivity index (χ0n) is 11.0. The molecule has 2 aromatic heterocycles. The van der Waals surface area contributed by atoms with E-state index in [9.17, 15) is 0 Å². The number of hydrogen-bond donors (Lipinski definition) is 2. The number of pyridine rings is 1. The monoisotopic (exact) mass is 268 g/mol. The van der Waals surface area contributed by atoms with Gasteiger partial charge in [0, 0.05) is 24.1 Å². The summed E-state index contributed by atoms with van der Waals surface area (Å²) in [6, 6.07) is 13.4. The Morgan fingerprint density at radius 1 is 1.20 bits per heavy atom. The summed E-state index contributed by atoms with van der Waals surface area (Å²) in [4.78, 5) is 4.24. The topological polar surface area (TPSA) is 64.6 Å². The van der Waals surface area contributed by atoms with Gasteiger partial charge in [0.15, 0.2) is 0 Å². The number of anilines is 2. The summed E-state index contributed by atoms with van der Waals surface area (Å²) in [6.07, 6.45) is 3.71. The Morgan fingerprint density at radius 2 is 2.10 bits per heavy atom. The van der Waals surface area contributed by atoms with Crippen molar-refractivity contribution in [1.29, 1.82) is 0 Å². The van der Waals surface area contributed by atoms with E-state index < -0.39 is 0 Å². The standard InChI is InChI=1S/C15H16N4O/c16-12-3-1-4-13(11-12)20-10-8-18-15-6-2-5-14-17-7-9-19(14)15/h1-7,9,11,18H,8,10,16H2. The molecule has 0 amide bonds. The van der Waals surface area contributed by atoms with Crippen molar-refractivity contribution < 1.29 is 4.74 Å². The fourth-order valence-corrected chi connectivity index (χ4v) is 2.04. The third kappa shape index (κ3) is 2.66. The van der Waals surface area contributed by atoms with Crippen LogP contribution in [0.3, 0.4) is 0 Å². The van der Waals surface area contributed by atoms with Gasteiger partial charge in [-0.05, 0) is 24.3 Å². The third-order valence-corrected chi connectivity index (χ3v) is 2.96. The summed E-state index contributed by atoms with van der Waals surface area (Å²) < 4.78 is 7.64. The Balaban J connectivity index is 1.56. The number of ether oxygens (including phenoxy) is 1. The molecule has 0 aliphatic carbocycles. The largest absolute Gasteiger partial charge is 0.492 e. The van der Waals surface area contributed by atoms with E-state index in [0.717, 1.165) is 17.2 Å². The maximum Gasteiger partial charge on any atom is 0.138 e. The molecule has 3 N–H and O–H groups in total. The maximum atomic E-state index is 5.70. The first-order chi connectivity index (χ1) is 9.83. The summed E-state index contributed by atoms with van der Waals surface area (Å²) in [6.45, 7) is 1.26. The first kappa shape index (κ1) is 12.3. The normalized spacial score (nSPS) is 10.6. The van der Waals surface area contributed by atoms with Gasteiger partial charge in [-0.15, -0.1) is 0 Å². The predicted octanol–water partition coefficient (Wildman–Crippen LogP) is 2.41. The summed E-state index contributed by atoms with van der Waals surface area (Å²) in [7, 11) is 0. The lowest BCUT2D eigenvalue weighted by Crippen LogP contribution is -2.13. The summed E-state index contributed by atoms with van der Waals surface area (Å²) in [5.41, 5.74) is 7.33. The van der Waals surface area contributed by atoms with Crippen LogP contribution in [0.25, 0.3) is 5.65 Å². The fourth-order valence-electron chi connectivity index (χ4n) is 2.04. The van der Waals surface area contributed by atoms with Gasteiger partial charge in [0.05, 0.1) is 6.54 Å². The van der Waals surface area contributed by atoms with Crippen molar-refractivity contribution >= 4 is 17.2 Å². The number of rotatable bonds is 5. The van der Waals surface area contributed by atoms with Crippen LogP contribution in [0.5, 0.6) is 5.75 Å². The van der Waals surface area contributed by atoms with Crippen LogP contribution in [-0.4, -0.2) is 22.5 Å². The van der Waals surface area contributed by atoms with Crippen LogP contribution in [0.1, 0.15) is 0 Å². The van der Waals surface area contributed by atoms with Gasteiger partial charge in [-0.1, -0.05) is 12.1 Å². The van der Waals surface area contributed by atoms with Crippen molar-refractivity contribution in [2.75, 3.05) is 24.2 Å². The Bertz CT molecular complexity index is 708. The molecule has 0 spiro atoms. The minimum absolute atomic E-state index is 0.564. The highest BCUT2D eigenvalue weighted by molar-refractivity contribution is 5.49. The molecule has 0 unspecified atom stereocenters. The Kier molecular flexibility index (Phi) is 3.41. The van der Waals surface area contributed by atoms with E-state index in [2.05, 4.69) is 10.3 Å². The van der Waals surface area contributed by atoms with Crippen LogP contribution in [0.4, 0.5) is 11.5 Å². The maximum absolute atomic E-state index is 5.70. The quantitative estimate of drug-likeness (QED) is 0.551. The number of aromatic nitrogens is 2. The molecule has 0 saturated heterocycles. The second-order valence-corrected chi connectivity index (χ2v) is 4.41. The van der Waals surface area contributed by atoms with Gasteiger partial charge in [0.25, 0.3) is 0 Å². The lowest BCUT2D eigenvalue weighted by Gasteiger charge is -2.10. The molecular weight excluding hydrogens is 252 g/mol. The van der Waals surface area contributed by atoms with Crippen LogP contribution < -0.4 is 15.8 Å². The van der Waals surface area contributed by atoms with Crippen molar-refractivity contribution in [3.63, 3.8) is 0 Å². The van der Waals surface area contributed by atoms with Gasteiger partial charge in [-0.25, -0.2) is 4.98 Å². The summed E-state index contributed by atoms with van der Waals surface area (Å²) in [5, 5.41) is 3.33. The Hall–Kier alpha value is -2.69. The molecule has 2 heterocycles. The van der Waals surface area contributed by atoms with Crippen LogP contribution in [0.15, 0.2) is 54.9 Å². The number of hydrogen-bond acceptors (Lipinski definition) is 4. The molecule has 0 radical (unpaired) electrons. The average Bonchev–Trinajstić information content (AvgIpc) is 2.93. The average molecular weight is 268 g/mol. The number of fused-ring (bicyclic) bond motifs is 1. The highest BCUT2D eigenvalue weighted by Gasteiger charge is 1.99. The number of nitrogens with two attached hydrogens (primary N) is 1. The molecule has 0 atom stereocenters. The Labute approximate surface area is 117 Å². The number of nitrogen functional groups attached to an aromatic ring is 1. The van der Waals surface area contributed by atoms with Crippen LogP contribution in [0, 0.1) is 0 Å². The molecule has 3 rings (SSSR count). The molecular formula is C15H16N4O. The minimum atomic E-state index is 0.564. The van der Waals surface area contributed by atoms with E-state index in [-0.39, 0.29) is 0 Å². The molecule has 20 heavy (non-hydrogen) atoms. The van der Waals surface area contributed by atoms with Crippen molar-refractivity contribution in [2.24, 2.45) is 0 Å². The Morgan fingerprint density at radius 3 is 3.00 bits per heavy atom. The molecule has 0 bridgehead atoms. The molecule has 5 heteroatoms. The number of benzene rings is 1.